The maximum Gasteiger partial charge on any atom is 0.340 e. The summed E-state index contributed by atoms with van der Waals surface area (Å²) >= 11 is 6.21. The number of rotatable bonds is 9. The third kappa shape index (κ3) is 5.87. The number of halogens is 1. The van der Waals surface area contributed by atoms with Crippen LogP contribution in [0.1, 0.15) is 39.6 Å². The molecule has 188 valence electrons. The molecule has 0 bridgehead atoms. The number of carbonyl (C=O) groups excluding carboxylic acids is 4. The van der Waals surface area contributed by atoms with E-state index in [1.165, 1.54) is 6.07 Å². The van der Waals surface area contributed by atoms with Gasteiger partial charge in [-0.2, -0.15) is 0 Å². The molecule has 9 heteroatoms. The minimum Gasteiger partial charge on any atom is -0.462 e. The van der Waals surface area contributed by atoms with Crippen LogP contribution < -0.4 is 10.6 Å². The fraction of sp³-hybridized carbons (Fsp3) is 0.143. The molecule has 0 aliphatic carbocycles. The normalized spacial score (nSPS) is 13.1. The Morgan fingerprint density at radius 2 is 1.65 bits per heavy atom. The van der Waals surface area contributed by atoms with Gasteiger partial charge in [-0.1, -0.05) is 67.1 Å². The number of anilines is 2. The van der Waals surface area contributed by atoms with E-state index in [1.807, 2.05) is 37.3 Å². The van der Waals surface area contributed by atoms with Gasteiger partial charge in [0.05, 0.1) is 24.4 Å². The first-order valence-corrected chi connectivity index (χ1v) is 12.0. The number of benzene rings is 3. The van der Waals surface area contributed by atoms with E-state index in [0.29, 0.717) is 17.8 Å². The predicted octanol–water partition coefficient (Wildman–Crippen LogP) is 4.94. The second-order valence-corrected chi connectivity index (χ2v) is 8.59. The highest BCUT2D eigenvalue weighted by Gasteiger charge is 2.37. The fourth-order valence-corrected chi connectivity index (χ4v) is 3.91. The summed E-state index contributed by atoms with van der Waals surface area (Å²) in [6.07, 6.45) is 0.679. The number of nitrogens with one attached hydrogen (secondary N) is 2. The molecule has 3 aromatic rings. The summed E-state index contributed by atoms with van der Waals surface area (Å²) in [6.45, 7) is 2.25. The zero-order valence-electron chi connectivity index (χ0n) is 20.0. The van der Waals surface area contributed by atoms with E-state index in [9.17, 15) is 19.2 Å². The number of hydrogen-bond donors (Lipinski definition) is 2. The average Bonchev–Trinajstić information content (AvgIpc) is 3.11. The van der Waals surface area contributed by atoms with Gasteiger partial charge < -0.3 is 15.4 Å². The lowest BCUT2D eigenvalue weighted by Crippen LogP contribution is -2.31. The number of esters is 1. The molecule has 0 radical (unpaired) electrons. The quantitative estimate of drug-likeness (QED) is 0.308. The van der Waals surface area contributed by atoms with Crippen LogP contribution in [0, 0.1) is 0 Å². The molecule has 37 heavy (non-hydrogen) atoms. The predicted molar refractivity (Wildman–Crippen MR) is 140 cm³/mol. The number of para-hydroxylation sites is 1. The number of amides is 3. The number of imide groups is 1. The van der Waals surface area contributed by atoms with E-state index < -0.39 is 23.7 Å². The minimum atomic E-state index is -0.599. The average molecular weight is 518 g/mol. The van der Waals surface area contributed by atoms with Gasteiger partial charge in [0.25, 0.3) is 17.7 Å². The summed E-state index contributed by atoms with van der Waals surface area (Å²) in [6, 6.07) is 22.0. The van der Waals surface area contributed by atoms with Crippen molar-refractivity contribution in [1.82, 2.24) is 4.90 Å². The summed E-state index contributed by atoms with van der Waals surface area (Å²) in [7, 11) is 0. The molecule has 4 rings (SSSR count). The Morgan fingerprint density at radius 1 is 0.919 bits per heavy atom. The number of nitrogens with zero attached hydrogens (tertiary/aromatic N) is 1. The zero-order valence-corrected chi connectivity index (χ0v) is 20.7. The summed E-state index contributed by atoms with van der Waals surface area (Å²) in [5.41, 5.74) is 1.92. The molecule has 0 atom stereocenters. The lowest BCUT2D eigenvalue weighted by molar-refractivity contribution is -0.138. The van der Waals surface area contributed by atoms with Crippen molar-refractivity contribution in [2.24, 2.45) is 0 Å². The first-order chi connectivity index (χ1) is 17.9. The zero-order chi connectivity index (χ0) is 26.4. The molecule has 0 spiro atoms. The van der Waals surface area contributed by atoms with Crippen LogP contribution in [0.5, 0.6) is 0 Å². The molecule has 0 aromatic heterocycles. The van der Waals surface area contributed by atoms with E-state index in [-0.39, 0.29) is 35.0 Å². The van der Waals surface area contributed by atoms with Gasteiger partial charge in [-0.05, 0) is 42.3 Å². The fourth-order valence-electron chi connectivity index (χ4n) is 3.68. The molecule has 0 saturated heterocycles. The Labute approximate surface area is 218 Å². The molecule has 0 fully saturated rings. The largest absolute Gasteiger partial charge is 0.462 e. The van der Waals surface area contributed by atoms with Gasteiger partial charge in [0.15, 0.2) is 0 Å². The van der Waals surface area contributed by atoms with E-state index in [0.717, 1.165) is 10.5 Å². The van der Waals surface area contributed by atoms with Crippen LogP contribution in [-0.4, -0.2) is 35.2 Å². The number of hydrogen-bond acceptors (Lipinski definition) is 6. The molecule has 0 saturated carbocycles. The first kappa shape index (κ1) is 25.7. The van der Waals surface area contributed by atoms with Gasteiger partial charge >= 0.3 is 5.97 Å². The highest BCUT2D eigenvalue weighted by molar-refractivity contribution is 6.48. The minimum absolute atomic E-state index is 0.0656. The van der Waals surface area contributed by atoms with Crippen LogP contribution in [-0.2, 0) is 20.9 Å². The molecular weight excluding hydrogens is 494 g/mol. The van der Waals surface area contributed by atoms with Crippen molar-refractivity contribution in [1.29, 1.82) is 0 Å². The van der Waals surface area contributed by atoms with Crippen LogP contribution in [0.2, 0.25) is 0 Å². The van der Waals surface area contributed by atoms with Crippen molar-refractivity contribution in [2.45, 2.75) is 19.9 Å². The third-order valence-corrected chi connectivity index (χ3v) is 5.87. The molecule has 8 nitrogen and oxygen atoms in total. The van der Waals surface area contributed by atoms with Gasteiger partial charge in [0, 0.05) is 11.3 Å². The molecule has 3 amide bonds. The molecule has 0 unspecified atom stereocenters. The van der Waals surface area contributed by atoms with Crippen LogP contribution >= 0.6 is 11.6 Å². The molecule has 1 heterocycles. The highest BCUT2D eigenvalue weighted by atomic mass is 35.5. The Morgan fingerprint density at radius 3 is 2.41 bits per heavy atom. The maximum absolute atomic E-state index is 13.0. The summed E-state index contributed by atoms with van der Waals surface area (Å²) in [5.74, 6) is -2.16. The summed E-state index contributed by atoms with van der Waals surface area (Å²) in [5, 5.41) is 5.38. The Balaban J connectivity index is 1.48. The van der Waals surface area contributed by atoms with E-state index in [1.54, 1.807) is 42.5 Å². The topological polar surface area (TPSA) is 105 Å². The summed E-state index contributed by atoms with van der Waals surface area (Å²) in [4.78, 5) is 52.0. The highest BCUT2D eigenvalue weighted by Crippen LogP contribution is 2.27. The van der Waals surface area contributed by atoms with Crippen LogP contribution in [0.3, 0.4) is 0 Å². The van der Waals surface area contributed by atoms with Gasteiger partial charge in [-0.3, -0.25) is 19.3 Å². The molecule has 1 aliphatic heterocycles. The molecule has 1 aliphatic rings. The van der Waals surface area contributed by atoms with Gasteiger partial charge in [0.2, 0.25) is 0 Å². The first-order valence-electron chi connectivity index (χ1n) is 11.6. The third-order valence-electron chi connectivity index (χ3n) is 5.52. The van der Waals surface area contributed by atoms with Crippen molar-refractivity contribution in [3.05, 3.63) is 106 Å². The number of carbonyl (C=O) groups is 4. The lowest BCUT2D eigenvalue weighted by atomic mass is 10.1. The Hall–Kier alpha value is -4.43. The molecule has 2 N–H and O–H groups in total. The van der Waals surface area contributed by atoms with Crippen molar-refractivity contribution in [2.75, 3.05) is 17.2 Å². The lowest BCUT2D eigenvalue weighted by Gasteiger charge is -2.15. The van der Waals surface area contributed by atoms with Crippen LogP contribution in [0.25, 0.3) is 0 Å². The van der Waals surface area contributed by atoms with E-state index in [2.05, 4.69) is 10.6 Å². The standard InChI is InChI=1S/C28H24ClN3O5/c1-2-15-37-28(36)21-13-6-7-14-22(21)31-25(33)19-11-8-12-20(16-19)30-24-23(29)26(34)32(27(24)35)17-18-9-4-3-5-10-18/h3-14,16,30H,2,15,17H2,1H3,(H,31,33). The van der Waals surface area contributed by atoms with Gasteiger partial charge in [0.1, 0.15) is 10.7 Å². The van der Waals surface area contributed by atoms with E-state index in [4.69, 9.17) is 16.3 Å². The molecular formula is C28H24ClN3O5. The molecule has 3 aromatic carbocycles. The van der Waals surface area contributed by atoms with Gasteiger partial charge in [-0.25, -0.2) is 4.79 Å². The number of ether oxygens (including phenoxy) is 1. The van der Waals surface area contributed by atoms with Crippen molar-refractivity contribution < 1.29 is 23.9 Å². The summed E-state index contributed by atoms with van der Waals surface area (Å²) < 4.78 is 5.19. The Kier molecular flexibility index (Phi) is 8.00. The second-order valence-electron chi connectivity index (χ2n) is 8.21. The van der Waals surface area contributed by atoms with Gasteiger partial charge in [-0.15, -0.1) is 0 Å². The van der Waals surface area contributed by atoms with Crippen LogP contribution in [0.15, 0.2) is 89.6 Å². The van der Waals surface area contributed by atoms with Crippen molar-refractivity contribution >= 4 is 46.7 Å². The Bertz CT molecular complexity index is 1390. The van der Waals surface area contributed by atoms with Crippen LogP contribution in [0.4, 0.5) is 11.4 Å². The monoisotopic (exact) mass is 517 g/mol. The maximum atomic E-state index is 13.0. The smallest absolute Gasteiger partial charge is 0.340 e. The van der Waals surface area contributed by atoms with E-state index >= 15 is 0 Å². The SMILES string of the molecule is CCCOC(=O)c1ccccc1NC(=O)c1cccc(NC2=C(Cl)C(=O)N(Cc3ccccc3)C2=O)c1. The van der Waals surface area contributed by atoms with Crippen molar-refractivity contribution in [3.63, 3.8) is 0 Å². The van der Waals surface area contributed by atoms with Crippen molar-refractivity contribution in [3.8, 4) is 0 Å². The second kappa shape index (κ2) is 11.5.